The first kappa shape index (κ1) is 17.8. The van der Waals surface area contributed by atoms with Crippen LogP contribution in [0.15, 0.2) is 71.9 Å². The molecule has 0 aliphatic rings. The van der Waals surface area contributed by atoms with Gasteiger partial charge < -0.3 is 9.47 Å². The molecule has 7 nitrogen and oxygen atoms in total. The van der Waals surface area contributed by atoms with Crippen LogP contribution in [0, 0.1) is 0 Å². The Hall–Kier alpha value is -2.97. The summed E-state index contributed by atoms with van der Waals surface area (Å²) in [6.07, 6.45) is 2.92. The Morgan fingerprint density at radius 2 is 1.65 bits per heavy atom. The lowest BCUT2D eigenvalue weighted by Gasteiger charge is -2.09. The number of benzene rings is 2. The van der Waals surface area contributed by atoms with Crippen molar-refractivity contribution < 1.29 is 17.9 Å². The third-order valence-electron chi connectivity index (χ3n) is 3.43. The first-order chi connectivity index (χ1) is 12.6. The lowest BCUT2D eigenvalue weighted by molar-refractivity contribution is 0.393. The smallest absolute Gasteiger partial charge is 0.240 e. The second kappa shape index (κ2) is 7.94. The van der Waals surface area contributed by atoms with Gasteiger partial charge in [-0.2, -0.15) is 0 Å². The zero-order valence-corrected chi connectivity index (χ0v) is 14.8. The molecule has 1 heterocycles. The van der Waals surface area contributed by atoms with Crippen LogP contribution in [0.3, 0.4) is 0 Å². The molecule has 0 radical (unpaired) electrons. The van der Waals surface area contributed by atoms with Gasteiger partial charge in [0, 0.05) is 0 Å². The third-order valence-corrected chi connectivity index (χ3v) is 4.84. The molecule has 1 N–H and O–H groups in total. The van der Waals surface area contributed by atoms with Crippen LogP contribution in [0.2, 0.25) is 0 Å². The highest BCUT2D eigenvalue weighted by Gasteiger charge is 2.14. The number of para-hydroxylation sites is 1. The van der Waals surface area contributed by atoms with E-state index in [1.807, 2.05) is 30.3 Å². The van der Waals surface area contributed by atoms with Crippen LogP contribution in [0.5, 0.6) is 17.4 Å². The molecule has 26 heavy (non-hydrogen) atoms. The first-order valence-corrected chi connectivity index (χ1v) is 9.23. The fourth-order valence-electron chi connectivity index (χ4n) is 2.13. The molecule has 0 aliphatic carbocycles. The minimum absolute atomic E-state index is 0.00873. The molecule has 134 valence electrons. The van der Waals surface area contributed by atoms with Crippen LogP contribution in [0.25, 0.3) is 0 Å². The van der Waals surface area contributed by atoms with E-state index in [1.54, 1.807) is 12.1 Å². The maximum Gasteiger partial charge on any atom is 0.240 e. The van der Waals surface area contributed by atoms with E-state index in [9.17, 15) is 8.42 Å². The minimum atomic E-state index is -3.68. The van der Waals surface area contributed by atoms with Gasteiger partial charge in [-0.15, -0.1) is 0 Å². The average molecular weight is 371 g/mol. The van der Waals surface area contributed by atoms with Gasteiger partial charge in [0.15, 0.2) is 0 Å². The Morgan fingerprint density at radius 3 is 2.35 bits per heavy atom. The van der Waals surface area contributed by atoms with Crippen LogP contribution >= 0.6 is 0 Å². The maximum atomic E-state index is 12.4. The average Bonchev–Trinajstić information content (AvgIpc) is 2.68. The maximum absolute atomic E-state index is 12.4. The van der Waals surface area contributed by atoms with Gasteiger partial charge >= 0.3 is 0 Å². The molecule has 0 spiro atoms. The number of ether oxygens (including phenoxy) is 2. The Bertz CT molecular complexity index is 961. The summed E-state index contributed by atoms with van der Waals surface area (Å²) in [6, 6.07) is 15.4. The van der Waals surface area contributed by atoms with E-state index in [-0.39, 0.29) is 11.4 Å². The van der Waals surface area contributed by atoms with Crippen molar-refractivity contribution in [2.24, 2.45) is 0 Å². The van der Waals surface area contributed by atoms with Crippen LogP contribution in [-0.4, -0.2) is 25.5 Å². The Morgan fingerprint density at radius 1 is 0.962 bits per heavy atom. The standard InChI is InChI=1S/C18H17N3O4S/c1-24-18-13-19-11-14(21-18)12-20-26(22,23)17-9-7-16(8-10-17)25-15-5-3-2-4-6-15/h2-11,13,20H,12H2,1H3. The van der Waals surface area contributed by atoms with Crippen molar-refractivity contribution in [2.75, 3.05) is 7.11 Å². The molecule has 0 saturated heterocycles. The number of methoxy groups -OCH3 is 1. The second-order valence-corrected chi connectivity index (χ2v) is 7.03. The van der Waals surface area contributed by atoms with E-state index in [1.165, 1.54) is 31.6 Å². The second-order valence-electron chi connectivity index (χ2n) is 5.26. The highest BCUT2D eigenvalue weighted by molar-refractivity contribution is 7.89. The number of aromatic nitrogens is 2. The molecular weight excluding hydrogens is 354 g/mol. The molecule has 3 rings (SSSR count). The normalized spacial score (nSPS) is 11.1. The van der Waals surface area contributed by atoms with Crippen molar-refractivity contribution in [1.29, 1.82) is 0 Å². The van der Waals surface area contributed by atoms with Crippen LogP contribution in [0.4, 0.5) is 0 Å². The van der Waals surface area contributed by atoms with Gasteiger partial charge in [-0.05, 0) is 36.4 Å². The van der Waals surface area contributed by atoms with E-state index in [4.69, 9.17) is 9.47 Å². The fraction of sp³-hybridized carbons (Fsp3) is 0.111. The molecule has 3 aromatic rings. The number of hydrogen-bond acceptors (Lipinski definition) is 6. The van der Waals surface area contributed by atoms with Gasteiger partial charge in [0.1, 0.15) is 11.5 Å². The topological polar surface area (TPSA) is 90.4 Å². The highest BCUT2D eigenvalue weighted by Crippen LogP contribution is 2.22. The lowest BCUT2D eigenvalue weighted by Crippen LogP contribution is -2.23. The molecule has 0 unspecified atom stereocenters. The van der Waals surface area contributed by atoms with Gasteiger partial charge in [0.25, 0.3) is 0 Å². The molecule has 0 bridgehead atoms. The molecule has 2 aromatic carbocycles. The predicted octanol–water partition coefficient (Wildman–Crippen LogP) is 2.76. The summed E-state index contributed by atoms with van der Waals surface area (Å²) in [4.78, 5) is 8.19. The summed E-state index contributed by atoms with van der Waals surface area (Å²) in [7, 11) is -2.21. The molecular formula is C18H17N3O4S. The summed E-state index contributed by atoms with van der Waals surface area (Å²) < 4.78 is 37.9. The van der Waals surface area contributed by atoms with Crippen LogP contribution in [-0.2, 0) is 16.6 Å². The zero-order chi connectivity index (χ0) is 18.4. The Kier molecular flexibility index (Phi) is 5.45. The van der Waals surface area contributed by atoms with E-state index in [2.05, 4.69) is 14.7 Å². The molecule has 0 aliphatic heterocycles. The Balaban J connectivity index is 1.67. The number of hydrogen-bond donors (Lipinski definition) is 1. The number of sulfonamides is 1. The van der Waals surface area contributed by atoms with Gasteiger partial charge in [0.2, 0.25) is 15.9 Å². The number of rotatable bonds is 7. The first-order valence-electron chi connectivity index (χ1n) is 7.74. The van der Waals surface area contributed by atoms with Crippen molar-refractivity contribution in [3.63, 3.8) is 0 Å². The van der Waals surface area contributed by atoms with Crippen molar-refractivity contribution in [3.05, 3.63) is 72.7 Å². The summed E-state index contributed by atoms with van der Waals surface area (Å²) in [5, 5.41) is 0. The molecule has 0 amide bonds. The van der Waals surface area contributed by atoms with E-state index in [0.717, 1.165) is 0 Å². The van der Waals surface area contributed by atoms with Crippen molar-refractivity contribution in [3.8, 4) is 17.4 Å². The highest BCUT2D eigenvalue weighted by atomic mass is 32.2. The predicted molar refractivity (Wildman–Crippen MR) is 95.6 cm³/mol. The largest absolute Gasteiger partial charge is 0.480 e. The third kappa shape index (κ3) is 4.56. The van der Waals surface area contributed by atoms with Crippen LogP contribution < -0.4 is 14.2 Å². The molecule has 0 saturated carbocycles. The summed E-state index contributed by atoms with van der Waals surface area (Å²) in [6.45, 7) is 0.00873. The molecule has 0 atom stereocenters. The summed E-state index contributed by atoms with van der Waals surface area (Å²) in [5.41, 5.74) is 0.456. The summed E-state index contributed by atoms with van der Waals surface area (Å²) >= 11 is 0. The monoisotopic (exact) mass is 371 g/mol. The molecule has 1 aromatic heterocycles. The molecule has 8 heteroatoms. The van der Waals surface area contributed by atoms with E-state index < -0.39 is 10.0 Å². The van der Waals surface area contributed by atoms with Gasteiger partial charge in [0.05, 0.1) is 36.6 Å². The summed E-state index contributed by atoms with van der Waals surface area (Å²) in [5.74, 6) is 1.55. The fourth-order valence-corrected chi connectivity index (χ4v) is 3.13. The molecule has 0 fully saturated rings. The van der Waals surface area contributed by atoms with Gasteiger partial charge in [-0.3, -0.25) is 4.98 Å². The SMILES string of the molecule is COc1cncc(CNS(=O)(=O)c2ccc(Oc3ccccc3)cc2)n1. The Labute approximate surface area is 151 Å². The van der Waals surface area contributed by atoms with Crippen molar-refractivity contribution in [1.82, 2.24) is 14.7 Å². The lowest BCUT2D eigenvalue weighted by atomic mass is 10.3. The van der Waals surface area contributed by atoms with Gasteiger partial charge in [-0.25, -0.2) is 18.1 Å². The quantitative estimate of drug-likeness (QED) is 0.687. The van der Waals surface area contributed by atoms with Crippen molar-refractivity contribution >= 4 is 10.0 Å². The number of nitrogens with one attached hydrogen (secondary N) is 1. The van der Waals surface area contributed by atoms with E-state index in [0.29, 0.717) is 23.1 Å². The van der Waals surface area contributed by atoms with Crippen LogP contribution in [0.1, 0.15) is 5.69 Å². The number of nitrogens with zero attached hydrogens (tertiary/aromatic N) is 2. The zero-order valence-electron chi connectivity index (χ0n) is 14.0. The van der Waals surface area contributed by atoms with E-state index >= 15 is 0 Å². The minimum Gasteiger partial charge on any atom is -0.480 e. The van der Waals surface area contributed by atoms with Crippen molar-refractivity contribution in [2.45, 2.75) is 11.4 Å². The van der Waals surface area contributed by atoms with Gasteiger partial charge in [-0.1, -0.05) is 18.2 Å².